The normalized spacial score (nSPS) is 16.8. The van der Waals surface area contributed by atoms with E-state index < -0.39 is 0 Å². The maximum Gasteiger partial charge on any atom is 0.229 e. The van der Waals surface area contributed by atoms with E-state index in [-0.39, 0.29) is 24.2 Å². The van der Waals surface area contributed by atoms with Crippen molar-refractivity contribution in [3.05, 3.63) is 53.6 Å². The smallest absolute Gasteiger partial charge is 0.229 e. The zero-order valence-corrected chi connectivity index (χ0v) is 14.7. The van der Waals surface area contributed by atoms with E-state index in [2.05, 4.69) is 11.4 Å². The van der Waals surface area contributed by atoms with Gasteiger partial charge in [-0.05, 0) is 49.2 Å². The van der Waals surface area contributed by atoms with Gasteiger partial charge in [-0.2, -0.15) is 0 Å². The molecule has 1 N–H and O–H groups in total. The number of ether oxygens (including phenoxy) is 1. The molecular formula is C20H22N2O3. The van der Waals surface area contributed by atoms with Crippen molar-refractivity contribution in [2.75, 3.05) is 23.9 Å². The Bertz CT molecular complexity index is 796. The van der Waals surface area contributed by atoms with E-state index in [0.29, 0.717) is 18.0 Å². The highest BCUT2D eigenvalue weighted by molar-refractivity contribution is 6.03. The molecule has 25 heavy (non-hydrogen) atoms. The molecule has 3 rings (SSSR count). The first-order chi connectivity index (χ1) is 12.0. The van der Waals surface area contributed by atoms with Crippen LogP contribution in [0, 0.1) is 19.8 Å². The number of carbonyl (C=O) groups is 2. The summed E-state index contributed by atoms with van der Waals surface area (Å²) >= 11 is 0. The van der Waals surface area contributed by atoms with Crippen LogP contribution in [0.2, 0.25) is 0 Å². The summed E-state index contributed by atoms with van der Waals surface area (Å²) < 4.78 is 5.16. The third-order valence-corrected chi connectivity index (χ3v) is 4.35. The second-order valence-electron chi connectivity index (χ2n) is 6.47. The first kappa shape index (κ1) is 17.0. The van der Waals surface area contributed by atoms with Gasteiger partial charge in [0.05, 0.1) is 13.0 Å². The lowest BCUT2D eigenvalue weighted by Gasteiger charge is -2.18. The van der Waals surface area contributed by atoms with Gasteiger partial charge in [-0.1, -0.05) is 12.1 Å². The van der Waals surface area contributed by atoms with Crippen molar-refractivity contribution < 1.29 is 14.3 Å². The minimum atomic E-state index is -0.362. The molecule has 130 valence electrons. The number of benzene rings is 2. The molecule has 2 amide bonds. The summed E-state index contributed by atoms with van der Waals surface area (Å²) in [6.07, 6.45) is 0.225. The average molecular weight is 338 g/mol. The maximum absolute atomic E-state index is 12.5. The topological polar surface area (TPSA) is 58.6 Å². The van der Waals surface area contributed by atoms with Gasteiger partial charge in [0.2, 0.25) is 11.8 Å². The molecule has 0 saturated carbocycles. The Hall–Kier alpha value is -2.82. The number of aryl methyl sites for hydroxylation is 2. The van der Waals surface area contributed by atoms with E-state index in [4.69, 9.17) is 4.74 Å². The van der Waals surface area contributed by atoms with Crippen LogP contribution >= 0.6 is 0 Å². The van der Waals surface area contributed by atoms with Crippen molar-refractivity contribution >= 4 is 23.2 Å². The van der Waals surface area contributed by atoms with E-state index in [1.54, 1.807) is 24.1 Å². The fourth-order valence-electron chi connectivity index (χ4n) is 3.18. The van der Waals surface area contributed by atoms with Crippen LogP contribution in [0.3, 0.4) is 0 Å². The second kappa shape index (κ2) is 6.97. The summed E-state index contributed by atoms with van der Waals surface area (Å²) in [6.45, 7) is 4.41. The second-order valence-corrected chi connectivity index (χ2v) is 6.47. The number of anilines is 2. The van der Waals surface area contributed by atoms with Gasteiger partial charge in [-0.25, -0.2) is 0 Å². The number of rotatable bonds is 4. The van der Waals surface area contributed by atoms with Gasteiger partial charge in [0, 0.05) is 30.4 Å². The Morgan fingerprint density at radius 1 is 1.16 bits per heavy atom. The monoisotopic (exact) mass is 338 g/mol. The molecule has 2 aromatic carbocycles. The van der Waals surface area contributed by atoms with Gasteiger partial charge < -0.3 is 15.0 Å². The molecule has 1 fully saturated rings. The van der Waals surface area contributed by atoms with Gasteiger partial charge in [0.15, 0.2) is 0 Å². The van der Waals surface area contributed by atoms with E-state index in [0.717, 1.165) is 16.8 Å². The Morgan fingerprint density at radius 3 is 2.56 bits per heavy atom. The van der Waals surface area contributed by atoms with E-state index in [1.807, 2.05) is 38.1 Å². The van der Waals surface area contributed by atoms with Crippen LogP contribution in [0.4, 0.5) is 11.4 Å². The summed E-state index contributed by atoms with van der Waals surface area (Å²) in [5.74, 6) is 0.154. The number of methoxy groups -OCH3 is 1. The van der Waals surface area contributed by atoms with E-state index in [1.165, 1.54) is 0 Å². The van der Waals surface area contributed by atoms with Crippen molar-refractivity contribution in [1.29, 1.82) is 0 Å². The Balaban J connectivity index is 1.72. The largest absolute Gasteiger partial charge is 0.497 e. The lowest BCUT2D eigenvalue weighted by atomic mass is 10.1. The average Bonchev–Trinajstić information content (AvgIpc) is 2.96. The standard InChI is InChI=1S/C20H22N2O3/c1-13-7-14(2)9-17(8-13)22-12-15(10-19(22)23)20(24)21-16-5-4-6-18(11-16)25-3/h4-9,11,15H,10,12H2,1-3H3,(H,21,24)/t15-/m1/s1. The molecule has 1 atom stereocenters. The first-order valence-electron chi connectivity index (χ1n) is 8.30. The van der Waals surface area contributed by atoms with Crippen LogP contribution in [0.15, 0.2) is 42.5 Å². The van der Waals surface area contributed by atoms with Crippen molar-refractivity contribution in [2.24, 2.45) is 5.92 Å². The maximum atomic E-state index is 12.5. The minimum Gasteiger partial charge on any atom is -0.497 e. The third-order valence-electron chi connectivity index (χ3n) is 4.35. The molecule has 1 aliphatic rings. The molecule has 0 bridgehead atoms. The molecule has 0 unspecified atom stereocenters. The zero-order valence-electron chi connectivity index (χ0n) is 14.7. The van der Waals surface area contributed by atoms with Gasteiger partial charge in [0.25, 0.3) is 0 Å². The van der Waals surface area contributed by atoms with Crippen LogP contribution in [-0.4, -0.2) is 25.5 Å². The number of hydrogen-bond donors (Lipinski definition) is 1. The highest BCUT2D eigenvalue weighted by Crippen LogP contribution is 2.28. The van der Waals surface area contributed by atoms with Crippen molar-refractivity contribution in [3.8, 4) is 5.75 Å². The summed E-state index contributed by atoms with van der Waals surface area (Å²) in [4.78, 5) is 26.6. The van der Waals surface area contributed by atoms with Crippen LogP contribution in [0.5, 0.6) is 5.75 Å². The van der Waals surface area contributed by atoms with Crippen LogP contribution < -0.4 is 15.0 Å². The number of amides is 2. The van der Waals surface area contributed by atoms with E-state index >= 15 is 0 Å². The predicted molar refractivity (Wildman–Crippen MR) is 98.0 cm³/mol. The number of hydrogen-bond acceptors (Lipinski definition) is 3. The fraction of sp³-hybridized carbons (Fsp3) is 0.300. The molecule has 0 aliphatic carbocycles. The van der Waals surface area contributed by atoms with Gasteiger partial charge in [-0.15, -0.1) is 0 Å². The van der Waals surface area contributed by atoms with Gasteiger partial charge in [-0.3, -0.25) is 9.59 Å². The number of nitrogens with one attached hydrogen (secondary N) is 1. The van der Waals surface area contributed by atoms with Gasteiger partial charge in [0.1, 0.15) is 5.75 Å². The molecule has 0 radical (unpaired) electrons. The molecule has 1 saturated heterocycles. The lowest BCUT2D eigenvalue weighted by molar-refractivity contribution is -0.122. The molecule has 2 aromatic rings. The molecule has 1 heterocycles. The molecule has 5 heteroatoms. The summed E-state index contributed by atoms with van der Waals surface area (Å²) in [5.41, 5.74) is 3.74. The Kier molecular flexibility index (Phi) is 4.74. The lowest BCUT2D eigenvalue weighted by Crippen LogP contribution is -2.28. The van der Waals surface area contributed by atoms with Gasteiger partial charge >= 0.3 is 0 Å². The molecular weight excluding hydrogens is 316 g/mol. The van der Waals surface area contributed by atoms with Crippen LogP contribution in [0.25, 0.3) is 0 Å². The zero-order chi connectivity index (χ0) is 18.0. The summed E-state index contributed by atoms with van der Waals surface area (Å²) in [7, 11) is 1.58. The Labute approximate surface area is 147 Å². The summed E-state index contributed by atoms with van der Waals surface area (Å²) in [5, 5.41) is 2.88. The number of carbonyl (C=O) groups excluding carboxylic acids is 2. The minimum absolute atomic E-state index is 0.0178. The number of nitrogens with zero attached hydrogens (tertiary/aromatic N) is 1. The molecule has 5 nitrogen and oxygen atoms in total. The molecule has 0 spiro atoms. The third kappa shape index (κ3) is 3.82. The first-order valence-corrected chi connectivity index (χ1v) is 8.30. The highest BCUT2D eigenvalue weighted by atomic mass is 16.5. The summed E-state index contributed by atoms with van der Waals surface area (Å²) in [6, 6.07) is 13.2. The fourth-order valence-corrected chi connectivity index (χ4v) is 3.18. The predicted octanol–water partition coefficient (Wildman–Crippen LogP) is 3.30. The SMILES string of the molecule is COc1cccc(NC(=O)[C@@H]2CC(=O)N(c3cc(C)cc(C)c3)C2)c1. The van der Waals surface area contributed by atoms with Crippen molar-refractivity contribution in [2.45, 2.75) is 20.3 Å². The van der Waals surface area contributed by atoms with Crippen molar-refractivity contribution in [3.63, 3.8) is 0 Å². The quantitative estimate of drug-likeness (QED) is 0.930. The van der Waals surface area contributed by atoms with Crippen LogP contribution in [0.1, 0.15) is 17.5 Å². The highest BCUT2D eigenvalue weighted by Gasteiger charge is 2.35. The van der Waals surface area contributed by atoms with Crippen molar-refractivity contribution in [1.82, 2.24) is 0 Å². The molecule has 0 aromatic heterocycles. The Morgan fingerprint density at radius 2 is 1.88 bits per heavy atom. The van der Waals surface area contributed by atoms with E-state index in [9.17, 15) is 9.59 Å². The molecule has 1 aliphatic heterocycles. The van der Waals surface area contributed by atoms with Crippen LogP contribution in [-0.2, 0) is 9.59 Å².